The minimum Gasteiger partial charge on any atom is -0.496 e. The highest BCUT2D eigenvalue weighted by Crippen LogP contribution is 2.20. The molecule has 0 aliphatic carbocycles. The normalized spacial score (nSPS) is 12.5. The molecule has 0 saturated carbocycles. The number of hydrogen-bond donors (Lipinski definition) is 0. The third-order valence-electron chi connectivity index (χ3n) is 2.83. The van der Waals surface area contributed by atoms with Crippen molar-refractivity contribution in [3.8, 4) is 5.75 Å². The van der Waals surface area contributed by atoms with Crippen LogP contribution in [0.3, 0.4) is 0 Å². The van der Waals surface area contributed by atoms with Crippen LogP contribution in [0.2, 0.25) is 0 Å². The van der Waals surface area contributed by atoms with Gasteiger partial charge in [-0.05, 0) is 18.9 Å². The average Bonchev–Trinajstić information content (AvgIpc) is 2.36. The van der Waals surface area contributed by atoms with Crippen LogP contribution in [0.4, 0.5) is 0 Å². The van der Waals surface area contributed by atoms with Crippen molar-refractivity contribution in [3.63, 3.8) is 0 Å². The van der Waals surface area contributed by atoms with Crippen LogP contribution in [-0.4, -0.2) is 25.6 Å². The Kier molecular flexibility index (Phi) is 5.86. The van der Waals surface area contributed by atoms with Crippen molar-refractivity contribution in [2.24, 2.45) is 5.92 Å². The Bertz CT molecular complexity index is 385. The Morgan fingerprint density at radius 1 is 1.28 bits per heavy atom. The van der Waals surface area contributed by atoms with E-state index in [1.165, 1.54) is 0 Å². The van der Waals surface area contributed by atoms with E-state index in [1.54, 1.807) is 7.11 Å². The first-order valence-electron chi connectivity index (χ1n) is 6.36. The molecular weight excluding hydrogens is 228 g/mol. The van der Waals surface area contributed by atoms with Crippen LogP contribution in [-0.2, 0) is 16.0 Å². The summed E-state index contributed by atoms with van der Waals surface area (Å²) in [5.74, 6) is 1.05. The Morgan fingerprint density at radius 2 is 1.94 bits per heavy atom. The van der Waals surface area contributed by atoms with Crippen LogP contribution in [0.5, 0.6) is 5.75 Å². The zero-order valence-electron chi connectivity index (χ0n) is 11.6. The number of hydrogen-bond acceptors (Lipinski definition) is 3. The molecule has 0 bridgehead atoms. The summed E-state index contributed by atoms with van der Waals surface area (Å²) in [4.78, 5) is 12.2. The highest BCUT2D eigenvalue weighted by atomic mass is 16.5. The van der Waals surface area contributed by atoms with Crippen LogP contribution in [0.15, 0.2) is 24.3 Å². The Morgan fingerprint density at radius 3 is 2.50 bits per heavy atom. The summed E-state index contributed by atoms with van der Waals surface area (Å²) in [7, 11) is 1.62. The molecule has 0 radical (unpaired) electrons. The molecule has 0 amide bonds. The summed E-state index contributed by atoms with van der Waals surface area (Å²) in [5, 5.41) is 0. The third kappa shape index (κ3) is 3.84. The molecule has 0 heterocycles. The van der Waals surface area contributed by atoms with Crippen molar-refractivity contribution in [2.75, 3.05) is 13.7 Å². The van der Waals surface area contributed by atoms with Crippen molar-refractivity contribution < 1.29 is 14.3 Å². The first kappa shape index (κ1) is 14.7. The molecule has 3 nitrogen and oxygen atoms in total. The van der Waals surface area contributed by atoms with E-state index in [0.717, 1.165) is 11.3 Å². The van der Waals surface area contributed by atoms with Crippen LogP contribution in [0, 0.1) is 5.92 Å². The average molecular weight is 250 g/mol. The Balaban J connectivity index is 2.79. The highest BCUT2D eigenvalue weighted by Gasteiger charge is 2.23. The number of carbonyl (C=O) groups excluding carboxylic acids is 1. The Labute approximate surface area is 109 Å². The summed E-state index contributed by atoms with van der Waals surface area (Å²) in [6.45, 7) is 6.47. The largest absolute Gasteiger partial charge is 0.496 e. The summed E-state index contributed by atoms with van der Waals surface area (Å²) >= 11 is 0. The van der Waals surface area contributed by atoms with Gasteiger partial charge in [-0.25, -0.2) is 0 Å². The van der Waals surface area contributed by atoms with Crippen molar-refractivity contribution >= 4 is 5.78 Å². The van der Waals surface area contributed by atoms with Crippen molar-refractivity contribution in [3.05, 3.63) is 29.8 Å². The van der Waals surface area contributed by atoms with E-state index in [4.69, 9.17) is 9.47 Å². The van der Waals surface area contributed by atoms with Crippen molar-refractivity contribution in [2.45, 2.75) is 33.3 Å². The molecule has 3 heteroatoms. The lowest BCUT2D eigenvalue weighted by Crippen LogP contribution is -2.31. The molecule has 1 aromatic carbocycles. The molecule has 1 rings (SSSR count). The van der Waals surface area contributed by atoms with Crippen LogP contribution >= 0.6 is 0 Å². The summed E-state index contributed by atoms with van der Waals surface area (Å²) in [6, 6.07) is 7.60. The molecule has 0 fully saturated rings. The second kappa shape index (κ2) is 7.17. The van der Waals surface area contributed by atoms with E-state index in [2.05, 4.69) is 0 Å². The van der Waals surface area contributed by atoms with E-state index in [0.29, 0.717) is 13.0 Å². The molecule has 0 saturated heterocycles. The molecule has 18 heavy (non-hydrogen) atoms. The molecule has 0 N–H and O–H groups in total. The summed E-state index contributed by atoms with van der Waals surface area (Å²) < 4.78 is 10.8. The molecule has 1 unspecified atom stereocenters. The molecule has 0 aliphatic rings. The second-order valence-corrected chi connectivity index (χ2v) is 4.57. The highest BCUT2D eigenvalue weighted by molar-refractivity contribution is 5.86. The maximum absolute atomic E-state index is 12.2. The summed E-state index contributed by atoms with van der Waals surface area (Å²) in [6.07, 6.45) is 0.0206. The quantitative estimate of drug-likeness (QED) is 0.746. The fourth-order valence-corrected chi connectivity index (χ4v) is 1.97. The smallest absolute Gasteiger partial charge is 0.166 e. The lowest BCUT2D eigenvalue weighted by Gasteiger charge is -2.20. The molecule has 100 valence electrons. The van der Waals surface area contributed by atoms with Crippen LogP contribution in [0.1, 0.15) is 26.3 Å². The summed E-state index contributed by atoms with van der Waals surface area (Å²) in [5.41, 5.74) is 0.912. The van der Waals surface area contributed by atoms with Gasteiger partial charge < -0.3 is 9.47 Å². The fraction of sp³-hybridized carbons (Fsp3) is 0.533. The maximum atomic E-state index is 12.2. The molecule has 1 atom stereocenters. The minimum atomic E-state index is -0.333. The van der Waals surface area contributed by atoms with Crippen LogP contribution in [0.25, 0.3) is 0 Å². The van der Waals surface area contributed by atoms with Gasteiger partial charge in [-0.1, -0.05) is 32.0 Å². The van der Waals surface area contributed by atoms with E-state index in [-0.39, 0.29) is 17.8 Å². The van der Waals surface area contributed by atoms with Gasteiger partial charge in [0.1, 0.15) is 11.9 Å². The lowest BCUT2D eigenvalue weighted by molar-refractivity contribution is -0.132. The number of methoxy groups -OCH3 is 1. The molecule has 0 spiro atoms. The van der Waals surface area contributed by atoms with Gasteiger partial charge in [0.25, 0.3) is 0 Å². The van der Waals surface area contributed by atoms with E-state index >= 15 is 0 Å². The molecular formula is C15H22O3. The van der Waals surface area contributed by atoms with Gasteiger partial charge in [0.2, 0.25) is 0 Å². The first-order valence-corrected chi connectivity index (χ1v) is 6.36. The van der Waals surface area contributed by atoms with Crippen molar-refractivity contribution in [1.82, 2.24) is 0 Å². The number of benzene rings is 1. The predicted octanol–water partition coefficient (Wildman–Crippen LogP) is 2.87. The number of Topliss-reactive ketones (excluding diaryl/α,β-unsaturated/α-hetero) is 1. The lowest BCUT2D eigenvalue weighted by atomic mass is 9.97. The first-order chi connectivity index (χ1) is 8.60. The predicted molar refractivity (Wildman–Crippen MR) is 72.0 cm³/mol. The minimum absolute atomic E-state index is 0.108. The number of para-hydroxylation sites is 1. The SMILES string of the molecule is CCOC(C(=O)Cc1ccccc1OC)C(C)C. The Hall–Kier alpha value is -1.35. The van der Waals surface area contributed by atoms with Gasteiger partial charge in [-0.3, -0.25) is 4.79 Å². The fourth-order valence-electron chi connectivity index (χ4n) is 1.97. The van der Waals surface area contributed by atoms with Crippen molar-refractivity contribution in [1.29, 1.82) is 0 Å². The van der Waals surface area contributed by atoms with Crippen LogP contribution < -0.4 is 4.74 Å². The monoisotopic (exact) mass is 250 g/mol. The second-order valence-electron chi connectivity index (χ2n) is 4.57. The van der Waals surface area contributed by atoms with Gasteiger partial charge in [0, 0.05) is 18.6 Å². The van der Waals surface area contributed by atoms with E-state index in [1.807, 2.05) is 45.0 Å². The molecule has 1 aromatic rings. The maximum Gasteiger partial charge on any atom is 0.166 e. The topological polar surface area (TPSA) is 35.5 Å². The number of ketones is 1. The number of ether oxygens (including phenoxy) is 2. The molecule has 0 aromatic heterocycles. The third-order valence-corrected chi connectivity index (χ3v) is 2.83. The van der Waals surface area contributed by atoms with E-state index in [9.17, 15) is 4.79 Å². The molecule has 0 aliphatic heterocycles. The van der Waals surface area contributed by atoms with Gasteiger partial charge in [0.15, 0.2) is 5.78 Å². The van der Waals surface area contributed by atoms with Gasteiger partial charge in [-0.15, -0.1) is 0 Å². The zero-order chi connectivity index (χ0) is 13.5. The number of carbonyl (C=O) groups is 1. The van der Waals surface area contributed by atoms with Gasteiger partial charge >= 0.3 is 0 Å². The standard InChI is InChI=1S/C15H22O3/c1-5-18-15(11(2)3)13(16)10-12-8-6-7-9-14(12)17-4/h6-9,11,15H,5,10H2,1-4H3. The zero-order valence-corrected chi connectivity index (χ0v) is 11.6. The van der Waals surface area contributed by atoms with Gasteiger partial charge in [-0.2, -0.15) is 0 Å². The number of rotatable bonds is 7. The van der Waals surface area contributed by atoms with Gasteiger partial charge in [0.05, 0.1) is 7.11 Å². The van der Waals surface area contributed by atoms with E-state index < -0.39 is 0 Å².